The van der Waals surface area contributed by atoms with Crippen LogP contribution in [0, 0.1) is 99.7 Å². The molecule has 0 radical (unpaired) electrons. The van der Waals surface area contributed by atoms with Gasteiger partial charge in [-0.05, 0) is 82.9 Å². The van der Waals surface area contributed by atoms with Gasteiger partial charge in [0.15, 0.2) is 42.4 Å². The van der Waals surface area contributed by atoms with E-state index in [1.165, 1.54) is 56.5 Å². The van der Waals surface area contributed by atoms with E-state index in [0.29, 0.717) is 32.9 Å². The van der Waals surface area contributed by atoms with Crippen molar-refractivity contribution in [3.05, 3.63) is 159 Å². The molecule has 1 fully saturated rings. The maximum Gasteiger partial charge on any atom is 0.369 e. The lowest BCUT2D eigenvalue weighted by molar-refractivity contribution is 0.196. The number of hydrogen-bond donors (Lipinski definition) is 0. The number of unbranched alkanes of at least 4 members (excludes halogenated alkanes) is 2. The Bertz CT molecular complexity index is 2270. The molecule has 0 amide bonds. The third-order valence-electron chi connectivity index (χ3n) is 11.0. The van der Waals surface area contributed by atoms with Gasteiger partial charge in [-0.15, -0.1) is 6.58 Å². The van der Waals surface area contributed by atoms with Crippen LogP contribution in [0.2, 0.25) is 0 Å². The lowest BCUT2D eigenvalue weighted by atomic mass is 9.46. The number of para-hydroxylation sites is 1. The van der Waals surface area contributed by atoms with E-state index in [1.54, 1.807) is 71.9 Å². The van der Waals surface area contributed by atoms with Crippen LogP contribution >= 0.6 is 7.49 Å². The zero-order valence-corrected chi connectivity index (χ0v) is 36.3. The summed E-state index contributed by atoms with van der Waals surface area (Å²) in [6.07, 6.45) is 5.06. The summed E-state index contributed by atoms with van der Waals surface area (Å²) in [6, 6.07) is 14.2. The minimum absolute atomic E-state index is 0.0350. The summed E-state index contributed by atoms with van der Waals surface area (Å²) in [6.45, 7) is 14.8. The Morgan fingerprint density at radius 2 is 0.951 bits per heavy atom. The Morgan fingerprint density at radius 3 is 1.26 bits per heavy atom. The molecule has 0 aliphatic carbocycles. The normalized spacial score (nSPS) is 17.1. The molecule has 0 spiro atoms. The molecular weight excluding hydrogens is 830 g/mol. The number of halogens is 10. The van der Waals surface area contributed by atoms with E-state index in [9.17, 15) is 8.78 Å². The SMILES string of the molecule is C=C[C@]1(C)C[P+](c2c(C)cc(C)cc2C)(c2c(C)cc(C)cc2C)O[B-](c2c(F)c(F)c(F)c(F)c2F)(c2c(F)c(F)c(F)c(F)c2F)ON1c1ccccc1.CCCCC. The van der Waals surface area contributed by atoms with Crippen LogP contribution in [-0.2, 0) is 9.20 Å². The predicted octanol–water partition coefficient (Wildman–Crippen LogP) is 11.7. The fourth-order valence-corrected chi connectivity index (χ4v) is 13.9. The molecule has 5 aromatic rings. The van der Waals surface area contributed by atoms with Gasteiger partial charge in [0.2, 0.25) is 0 Å². The van der Waals surface area contributed by atoms with Crippen molar-refractivity contribution in [2.75, 3.05) is 11.2 Å². The zero-order valence-electron chi connectivity index (χ0n) is 35.4. The Kier molecular flexibility index (Phi) is 14.0. The predicted molar refractivity (Wildman–Crippen MR) is 225 cm³/mol. The summed E-state index contributed by atoms with van der Waals surface area (Å²) in [4.78, 5) is 0. The number of anilines is 1. The average molecular weight is 878 g/mol. The average Bonchev–Trinajstić information content (AvgIpc) is 3.31. The van der Waals surface area contributed by atoms with Crippen LogP contribution in [0.3, 0.4) is 0 Å². The summed E-state index contributed by atoms with van der Waals surface area (Å²) in [7, 11) is -4.29. The molecule has 1 heterocycles. The van der Waals surface area contributed by atoms with E-state index in [0.717, 1.165) is 16.2 Å². The molecule has 326 valence electrons. The number of aryl methyl sites for hydroxylation is 6. The first-order chi connectivity index (χ1) is 28.6. The molecule has 15 heteroatoms. The summed E-state index contributed by atoms with van der Waals surface area (Å²) in [5, 5.41) is 1.45. The van der Waals surface area contributed by atoms with Gasteiger partial charge in [0.1, 0.15) is 45.6 Å². The molecule has 0 N–H and O–H groups in total. The highest BCUT2D eigenvalue weighted by molar-refractivity contribution is 7.87. The van der Waals surface area contributed by atoms with Crippen molar-refractivity contribution in [1.29, 1.82) is 0 Å². The van der Waals surface area contributed by atoms with Crippen molar-refractivity contribution in [3.8, 4) is 0 Å². The highest BCUT2D eigenvalue weighted by Crippen LogP contribution is 2.66. The third kappa shape index (κ3) is 8.11. The number of nitrogens with zero attached hydrogens (tertiary/aromatic N) is 1. The number of benzene rings is 5. The molecule has 1 aliphatic heterocycles. The first-order valence-electron chi connectivity index (χ1n) is 19.7. The molecule has 1 atom stereocenters. The highest BCUT2D eigenvalue weighted by Gasteiger charge is 2.63. The van der Waals surface area contributed by atoms with Crippen LogP contribution in [0.4, 0.5) is 49.6 Å². The number of hydrogen-bond acceptors (Lipinski definition) is 3. The van der Waals surface area contributed by atoms with E-state index < -0.39 is 88.7 Å². The summed E-state index contributed by atoms with van der Waals surface area (Å²) in [5.74, 6) is -26.4. The van der Waals surface area contributed by atoms with E-state index >= 15 is 35.1 Å². The van der Waals surface area contributed by atoms with Gasteiger partial charge in [0.05, 0.1) is 5.69 Å². The summed E-state index contributed by atoms with van der Waals surface area (Å²) in [5.41, 5.74) is -2.61. The van der Waals surface area contributed by atoms with E-state index in [4.69, 9.17) is 9.20 Å². The monoisotopic (exact) mass is 877 g/mol. The smallest absolute Gasteiger partial charge is 0.369 e. The molecule has 5 aromatic carbocycles. The third-order valence-corrected chi connectivity index (χ3v) is 15.6. The summed E-state index contributed by atoms with van der Waals surface area (Å²) < 4.78 is 172. The minimum atomic E-state index is -5.30. The van der Waals surface area contributed by atoms with Crippen LogP contribution in [0.1, 0.15) is 73.4 Å². The second-order valence-corrected chi connectivity index (χ2v) is 18.7. The van der Waals surface area contributed by atoms with Crippen LogP contribution in [0.15, 0.2) is 67.3 Å². The van der Waals surface area contributed by atoms with Crippen molar-refractivity contribution in [2.45, 2.75) is 87.1 Å². The highest BCUT2D eigenvalue weighted by atomic mass is 31.2. The van der Waals surface area contributed by atoms with E-state index in [1.807, 2.05) is 0 Å². The number of hydroxylamine groups is 1. The van der Waals surface area contributed by atoms with Crippen LogP contribution in [0.5, 0.6) is 0 Å². The van der Waals surface area contributed by atoms with Crippen molar-refractivity contribution in [3.63, 3.8) is 0 Å². The van der Waals surface area contributed by atoms with Crippen molar-refractivity contribution < 1.29 is 53.1 Å². The molecule has 0 bridgehead atoms. The molecular formula is C46H47BF10NO2P. The molecule has 1 saturated heterocycles. The standard InChI is InChI=1S/C41H35BF10NO2P.C5H12/c1-9-41(8)19-56(39-22(4)15-20(2)16-23(39)5,40-24(6)17-21(3)18-25(40)7)55-42(54-53(41)26-13-11-10-12-14-26,27-29(43)33(47)37(51)34(48)30(27)44)28-31(45)35(49)38(52)36(50)32(28)46;1-3-5-4-2/h9-18H,1,19H2,2-8H3;3-5H2,1-2H3/t41-;/m1./s1. The van der Waals surface area contributed by atoms with Gasteiger partial charge in [0.25, 0.3) is 0 Å². The second kappa shape index (κ2) is 18.0. The molecule has 61 heavy (non-hydrogen) atoms. The van der Waals surface area contributed by atoms with Gasteiger partial charge in [-0.3, -0.25) is 5.06 Å². The Balaban J connectivity index is 0.00000133. The molecule has 1 aliphatic rings. The zero-order chi connectivity index (χ0) is 45.5. The van der Waals surface area contributed by atoms with Gasteiger partial charge in [-0.1, -0.05) is 104 Å². The second-order valence-electron chi connectivity index (χ2n) is 15.8. The first-order valence-corrected chi connectivity index (χ1v) is 21.6. The van der Waals surface area contributed by atoms with Gasteiger partial charge in [0, 0.05) is 0 Å². The lowest BCUT2D eigenvalue weighted by Crippen LogP contribution is -2.70. The van der Waals surface area contributed by atoms with Crippen LogP contribution in [-0.4, -0.2) is 18.3 Å². The largest absolute Gasteiger partial charge is 0.444 e. The maximum atomic E-state index is 16.7. The van der Waals surface area contributed by atoms with E-state index in [2.05, 4.69) is 20.4 Å². The first kappa shape index (κ1) is 47.4. The fourth-order valence-electron chi connectivity index (χ4n) is 8.64. The van der Waals surface area contributed by atoms with Crippen molar-refractivity contribution in [2.24, 2.45) is 0 Å². The van der Waals surface area contributed by atoms with Gasteiger partial charge < -0.3 is 9.20 Å². The Labute approximate surface area is 350 Å². The molecule has 0 aromatic heterocycles. The van der Waals surface area contributed by atoms with Gasteiger partial charge in [-0.2, -0.15) is 0 Å². The number of rotatable bonds is 8. The van der Waals surface area contributed by atoms with Crippen LogP contribution in [0.25, 0.3) is 0 Å². The van der Waals surface area contributed by atoms with Crippen LogP contribution < -0.4 is 26.6 Å². The maximum absolute atomic E-state index is 16.7. The molecule has 3 nitrogen and oxygen atoms in total. The molecule has 0 saturated carbocycles. The van der Waals surface area contributed by atoms with Crippen molar-refractivity contribution in [1.82, 2.24) is 0 Å². The topological polar surface area (TPSA) is 21.7 Å². The quantitative estimate of drug-likeness (QED) is 0.0387. The van der Waals surface area contributed by atoms with Gasteiger partial charge in [-0.25, -0.2) is 43.9 Å². The minimum Gasteiger partial charge on any atom is -0.444 e. The van der Waals surface area contributed by atoms with Gasteiger partial charge >= 0.3 is 6.55 Å². The van der Waals surface area contributed by atoms with Crippen molar-refractivity contribution >= 4 is 41.3 Å². The molecule has 0 unspecified atom stereocenters. The summed E-state index contributed by atoms with van der Waals surface area (Å²) >= 11 is 0. The fraction of sp³-hybridized carbons (Fsp3) is 0.304. The lowest BCUT2D eigenvalue weighted by Gasteiger charge is -2.47. The molecule has 6 rings (SSSR count). The van der Waals surface area contributed by atoms with E-state index in [-0.39, 0.29) is 11.8 Å². The Hall–Kier alpha value is -4.65. The Morgan fingerprint density at radius 1 is 0.607 bits per heavy atom.